The van der Waals surface area contributed by atoms with Crippen LogP contribution in [0.25, 0.3) is 11.0 Å². The number of hydrogen-bond donors (Lipinski definition) is 1. The average molecular weight is 567 g/mol. The predicted octanol–water partition coefficient (Wildman–Crippen LogP) is 5.10. The maximum Gasteiger partial charge on any atom is 0.416 e. The Bertz CT molecular complexity index is 1630. The number of rotatable bonds is 5. The van der Waals surface area contributed by atoms with Crippen molar-refractivity contribution in [2.24, 2.45) is 0 Å². The number of benzene rings is 2. The SMILES string of the molecule is CN1CCC(n2nc(C#Cc3cc(CC(=O)Cc4cccc(C(F)(F)F)c4)ccc3Cl)c3c(N)ncnc32)CC1. The normalized spacial score (nSPS) is 14.7. The number of piperidine rings is 1. The first-order chi connectivity index (χ1) is 19.1. The average Bonchev–Trinajstić information content (AvgIpc) is 3.29. The summed E-state index contributed by atoms with van der Waals surface area (Å²) in [6.45, 7) is 1.89. The number of anilines is 1. The highest BCUT2D eigenvalue weighted by atomic mass is 35.5. The van der Waals surface area contributed by atoms with Crippen LogP contribution in [0, 0.1) is 11.8 Å². The van der Waals surface area contributed by atoms with Crippen molar-refractivity contribution in [1.82, 2.24) is 24.6 Å². The highest BCUT2D eigenvalue weighted by Gasteiger charge is 2.30. The van der Waals surface area contributed by atoms with E-state index in [2.05, 4.69) is 33.8 Å². The Labute approximate surface area is 234 Å². The smallest absolute Gasteiger partial charge is 0.383 e. The van der Waals surface area contributed by atoms with Crippen molar-refractivity contribution < 1.29 is 18.0 Å². The number of ketones is 1. The van der Waals surface area contributed by atoms with Crippen LogP contribution in [0.15, 0.2) is 48.8 Å². The van der Waals surface area contributed by atoms with Crippen molar-refractivity contribution in [3.8, 4) is 11.8 Å². The second kappa shape index (κ2) is 11.3. The lowest BCUT2D eigenvalue weighted by atomic mass is 10.00. The van der Waals surface area contributed by atoms with Gasteiger partial charge in [-0.2, -0.15) is 18.3 Å². The molecule has 11 heteroatoms. The van der Waals surface area contributed by atoms with E-state index in [1.807, 2.05) is 4.68 Å². The van der Waals surface area contributed by atoms with Crippen LogP contribution in [0.3, 0.4) is 0 Å². The summed E-state index contributed by atoms with van der Waals surface area (Å²) in [5.74, 6) is 6.17. The second-order valence-corrected chi connectivity index (χ2v) is 10.3. The summed E-state index contributed by atoms with van der Waals surface area (Å²) in [5.41, 5.74) is 7.92. The van der Waals surface area contributed by atoms with Gasteiger partial charge < -0.3 is 10.6 Å². The third-order valence-corrected chi connectivity index (χ3v) is 7.28. The van der Waals surface area contributed by atoms with Crippen LogP contribution in [-0.2, 0) is 23.8 Å². The molecule has 1 aliphatic rings. The van der Waals surface area contributed by atoms with Crippen LogP contribution in [-0.4, -0.2) is 50.6 Å². The van der Waals surface area contributed by atoms with Gasteiger partial charge in [-0.25, -0.2) is 14.6 Å². The van der Waals surface area contributed by atoms with Crippen molar-refractivity contribution in [2.75, 3.05) is 25.9 Å². The van der Waals surface area contributed by atoms with Gasteiger partial charge in [0, 0.05) is 18.4 Å². The number of nitrogens with two attached hydrogens (primary N) is 1. The number of alkyl halides is 3. The van der Waals surface area contributed by atoms with E-state index in [1.54, 1.807) is 18.2 Å². The summed E-state index contributed by atoms with van der Waals surface area (Å²) in [7, 11) is 2.09. The molecule has 0 radical (unpaired) electrons. The highest BCUT2D eigenvalue weighted by molar-refractivity contribution is 6.31. The Morgan fingerprint density at radius 1 is 1.07 bits per heavy atom. The first kappa shape index (κ1) is 27.6. The van der Waals surface area contributed by atoms with Crippen molar-refractivity contribution >= 4 is 34.2 Å². The van der Waals surface area contributed by atoms with Crippen LogP contribution in [0.1, 0.15) is 46.8 Å². The summed E-state index contributed by atoms with van der Waals surface area (Å²) in [4.78, 5) is 23.5. The Morgan fingerprint density at radius 2 is 1.80 bits per heavy atom. The lowest BCUT2D eigenvalue weighted by molar-refractivity contribution is -0.137. The standard InChI is InChI=1S/C29H26ClF3N6O/c1-38-11-9-22(10-12-38)39-28-26(27(34)35-17-36-28)25(37-39)8-6-20-13-19(5-7-24(20)30)16-23(40)15-18-3-2-4-21(14-18)29(31,32)33/h2-5,7,13-14,17,22H,9-12,15-16H2,1H3,(H2,34,35,36). The summed E-state index contributed by atoms with van der Waals surface area (Å²) >= 11 is 6.41. The molecule has 1 aliphatic heterocycles. The molecule has 0 amide bonds. The summed E-state index contributed by atoms with van der Waals surface area (Å²) in [6, 6.07) is 10.0. The molecule has 0 saturated carbocycles. The first-order valence-electron chi connectivity index (χ1n) is 12.7. The van der Waals surface area contributed by atoms with Crippen LogP contribution in [0.4, 0.5) is 19.0 Å². The third-order valence-electron chi connectivity index (χ3n) is 6.96. The van der Waals surface area contributed by atoms with E-state index in [4.69, 9.17) is 22.4 Å². The van der Waals surface area contributed by atoms with Gasteiger partial charge in [0.05, 0.1) is 22.0 Å². The quantitative estimate of drug-likeness (QED) is 0.338. The minimum Gasteiger partial charge on any atom is -0.383 e. The number of aromatic nitrogens is 4. The Kier molecular flexibility index (Phi) is 7.79. The number of carbonyl (C=O) groups excluding carboxylic acids is 1. The van der Waals surface area contributed by atoms with Crippen molar-refractivity contribution in [3.05, 3.63) is 81.8 Å². The highest BCUT2D eigenvalue weighted by Crippen LogP contribution is 2.30. The van der Waals surface area contributed by atoms with E-state index in [0.717, 1.165) is 38.1 Å². The number of likely N-dealkylation sites (tertiary alicyclic amines) is 1. The van der Waals surface area contributed by atoms with Crippen LogP contribution in [0.2, 0.25) is 5.02 Å². The molecule has 1 saturated heterocycles. The Balaban J connectivity index is 1.38. The summed E-state index contributed by atoms with van der Waals surface area (Å²) in [6.07, 6.45) is -1.30. The van der Waals surface area contributed by atoms with Gasteiger partial charge in [-0.15, -0.1) is 0 Å². The zero-order valence-corrected chi connectivity index (χ0v) is 22.4. The van der Waals surface area contributed by atoms with E-state index in [1.165, 1.54) is 18.5 Å². The fourth-order valence-corrected chi connectivity index (χ4v) is 5.02. The topological polar surface area (TPSA) is 89.9 Å². The van der Waals surface area contributed by atoms with Gasteiger partial charge in [-0.05, 0) is 68.2 Å². The molecular formula is C29H26ClF3N6O. The number of nitrogen functional groups attached to an aromatic ring is 1. The number of hydrogen-bond acceptors (Lipinski definition) is 6. The number of Topliss-reactive ketones (excluding diaryl/α,β-unsaturated/α-hetero) is 1. The van der Waals surface area contributed by atoms with Gasteiger partial charge in [-0.1, -0.05) is 41.8 Å². The van der Waals surface area contributed by atoms with Crippen molar-refractivity contribution in [1.29, 1.82) is 0 Å². The van der Waals surface area contributed by atoms with Crippen LogP contribution in [0.5, 0.6) is 0 Å². The molecule has 0 spiro atoms. The van der Waals surface area contributed by atoms with Gasteiger partial charge >= 0.3 is 6.18 Å². The second-order valence-electron chi connectivity index (χ2n) is 9.94. The first-order valence-corrected chi connectivity index (χ1v) is 13.1. The monoisotopic (exact) mass is 566 g/mol. The molecule has 2 aromatic heterocycles. The van der Waals surface area contributed by atoms with Crippen LogP contribution < -0.4 is 5.73 Å². The fourth-order valence-electron chi connectivity index (χ4n) is 4.86. The van der Waals surface area contributed by atoms with Crippen molar-refractivity contribution in [2.45, 2.75) is 37.9 Å². The summed E-state index contributed by atoms with van der Waals surface area (Å²) in [5, 5.41) is 5.72. The number of fused-ring (bicyclic) bond motifs is 1. The number of halogens is 4. The maximum absolute atomic E-state index is 13.0. The van der Waals surface area contributed by atoms with Gasteiger partial charge in [0.25, 0.3) is 0 Å². The summed E-state index contributed by atoms with van der Waals surface area (Å²) < 4.78 is 40.9. The molecule has 2 aromatic carbocycles. The van der Waals surface area contributed by atoms with Gasteiger partial charge in [-0.3, -0.25) is 4.79 Å². The molecule has 0 atom stereocenters. The predicted molar refractivity (Wildman–Crippen MR) is 147 cm³/mol. The van der Waals surface area contributed by atoms with Gasteiger partial charge in [0.1, 0.15) is 23.6 Å². The van der Waals surface area contributed by atoms with Crippen LogP contribution >= 0.6 is 11.6 Å². The lowest BCUT2D eigenvalue weighted by Crippen LogP contribution is -2.32. The van der Waals surface area contributed by atoms with Gasteiger partial charge in [0.2, 0.25) is 0 Å². The molecule has 0 aliphatic carbocycles. The molecule has 1 fully saturated rings. The van der Waals surface area contributed by atoms with E-state index in [-0.39, 0.29) is 30.5 Å². The molecule has 0 unspecified atom stereocenters. The molecule has 3 heterocycles. The van der Waals surface area contributed by atoms with E-state index in [9.17, 15) is 18.0 Å². The van der Waals surface area contributed by atoms with E-state index >= 15 is 0 Å². The number of nitrogens with zero attached hydrogens (tertiary/aromatic N) is 5. The zero-order chi connectivity index (χ0) is 28.4. The lowest BCUT2D eigenvalue weighted by Gasteiger charge is -2.29. The Morgan fingerprint density at radius 3 is 2.52 bits per heavy atom. The van der Waals surface area contributed by atoms with E-state index in [0.29, 0.717) is 38.4 Å². The van der Waals surface area contributed by atoms with E-state index < -0.39 is 11.7 Å². The molecular weight excluding hydrogens is 541 g/mol. The molecule has 7 nitrogen and oxygen atoms in total. The molecule has 206 valence electrons. The molecule has 40 heavy (non-hydrogen) atoms. The Hall–Kier alpha value is -3.94. The molecule has 0 bridgehead atoms. The molecule has 2 N–H and O–H groups in total. The zero-order valence-electron chi connectivity index (χ0n) is 21.7. The molecule has 4 aromatic rings. The van der Waals surface area contributed by atoms with Crippen molar-refractivity contribution in [3.63, 3.8) is 0 Å². The third kappa shape index (κ3) is 6.11. The fraction of sp³-hybridized carbons (Fsp3) is 0.310. The number of carbonyl (C=O) groups is 1. The molecule has 5 rings (SSSR count). The minimum absolute atomic E-state index is 0.0244. The minimum atomic E-state index is -4.46. The maximum atomic E-state index is 13.0. The largest absolute Gasteiger partial charge is 0.416 e. The van der Waals surface area contributed by atoms with Gasteiger partial charge in [0.15, 0.2) is 5.65 Å².